The zero-order chi connectivity index (χ0) is 20.0. The van der Waals surface area contributed by atoms with E-state index in [-0.39, 0.29) is 29.3 Å². The molecule has 2 aromatic carbocycles. The molecule has 0 saturated carbocycles. The van der Waals surface area contributed by atoms with Gasteiger partial charge in [0.1, 0.15) is 11.9 Å². The Bertz CT molecular complexity index is 815. The van der Waals surface area contributed by atoms with Gasteiger partial charge in [-0.25, -0.2) is 4.39 Å². The third kappa shape index (κ3) is 6.31. The highest BCUT2D eigenvalue weighted by atomic mass is 35.5. The summed E-state index contributed by atoms with van der Waals surface area (Å²) in [6.45, 7) is 3.35. The van der Waals surface area contributed by atoms with Crippen molar-refractivity contribution in [2.24, 2.45) is 0 Å². The van der Waals surface area contributed by atoms with Crippen LogP contribution in [0.2, 0.25) is 10.0 Å². The van der Waals surface area contributed by atoms with E-state index in [1.165, 1.54) is 19.1 Å². The molecule has 0 aromatic heterocycles. The number of ketones is 1. The van der Waals surface area contributed by atoms with Gasteiger partial charge in [-0.15, -0.1) is 0 Å². The number of hydrogen-bond donors (Lipinski definition) is 2. The third-order valence-corrected chi connectivity index (χ3v) is 4.91. The van der Waals surface area contributed by atoms with Gasteiger partial charge in [0.05, 0.1) is 16.1 Å². The molecule has 4 nitrogen and oxygen atoms in total. The quantitative estimate of drug-likeness (QED) is 0.655. The number of nitrogens with two attached hydrogens (primary N) is 1. The van der Waals surface area contributed by atoms with Crippen LogP contribution in [0.25, 0.3) is 0 Å². The first-order chi connectivity index (χ1) is 12.8. The molecule has 1 amide bonds. The molecule has 0 radical (unpaired) electrons. The zero-order valence-electron chi connectivity index (χ0n) is 15.1. The minimum Gasteiger partial charge on any atom is -0.341 e. The topological polar surface area (TPSA) is 62.8 Å². The molecule has 0 spiro atoms. The van der Waals surface area contributed by atoms with Crippen LogP contribution in [0.5, 0.6) is 0 Å². The molecule has 0 saturated heterocycles. The highest BCUT2D eigenvalue weighted by Gasteiger charge is 2.21. The zero-order valence-corrected chi connectivity index (χ0v) is 16.6. The van der Waals surface area contributed by atoms with Crippen molar-refractivity contribution in [3.63, 3.8) is 0 Å². The predicted molar refractivity (Wildman–Crippen MR) is 104 cm³/mol. The molecule has 0 aliphatic heterocycles. The van der Waals surface area contributed by atoms with Crippen LogP contribution in [-0.2, 0) is 16.0 Å². The first-order valence-corrected chi connectivity index (χ1v) is 9.35. The summed E-state index contributed by atoms with van der Waals surface area (Å²) in [4.78, 5) is 24.1. The van der Waals surface area contributed by atoms with Gasteiger partial charge in [-0.1, -0.05) is 53.5 Å². The van der Waals surface area contributed by atoms with Gasteiger partial charge < -0.3 is 10.6 Å². The van der Waals surface area contributed by atoms with Crippen LogP contribution in [-0.4, -0.2) is 24.3 Å². The van der Waals surface area contributed by atoms with Crippen LogP contribution >= 0.6 is 23.2 Å². The second-order valence-electron chi connectivity index (χ2n) is 6.44. The summed E-state index contributed by atoms with van der Waals surface area (Å²) < 4.78 is 13.7. The Morgan fingerprint density at radius 2 is 1.81 bits per heavy atom. The van der Waals surface area contributed by atoms with E-state index in [2.05, 4.69) is 5.32 Å². The summed E-state index contributed by atoms with van der Waals surface area (Å²) >= 11 is 11.8. The number of carbonyl (C=O) groups excluding carboxylic acids is 2. The smallest absolute Gasteiger partial charge is 0.275 e. The summed E-state index contributed by atoms with van der Waals surface area (Å²) in [5.41, 5.74) is 1.53. The SMILES string of the molecule is CC(=O)[C@H](Cc1ccccc1)NC(=O)C[NH2+][C@H](C)c1cc(F)c(Cl)cc1Cl. The van der Waals surface area contributed by atoms with Gasteiger partial charge in [0, 0.05) is 5.56 Å². The molecule has 2 rings (SSSR count). The van der Waals surface area contributed by atoms with Gasteiger partial charge in [0.15, 0.2) is 12.3 Å². The Hall–Kier alpha value is -1.95. The van der Waals surface area contributed by atoms with Crippen LogP contribution in [0.15, 0.2) is 42.5 Å². The number of nitrogens with one attached hydrogen (secondary N) is 1. The van der Waals surface area contributed by atoms with Gasteiger partial charge in [-0.2, -0.15) is 0 Å². The first kappa shape index (κ1) is 21.4. The van der Waals surface area contributed by atoms with Gasteiger partial charge in [0.25, 0.3) is 5.91 Å². The Morgan fingerprint density at radius 1 is 1.15 bits per heavy atom. The highest BCUT2D eigenvalue weighted by Crippen LogP contribution is 2.27. The van der Waals surface area contributed by atoms with Gasteiger partial charge >= 0.3 is 0 Å². The second kappa shape index (κ2) is 9.83. The van der Waals surface area contributed by atoms with Gasteiger partial charge in [-0.05, 0) is 38.0 Å². The highest BCUT2D eigenvalue weighted by molar-refractivity contribution is 6.35. The molecule has 27 heavy (non-hydrogen) atoms. The molecular formula is C20H22Cl2FN2O2+. The Balaban J connectivity index is 1.94. The van der Waals surface area contributed by atoms with E-state index in [0.717, 1.165) is 5.56 Å². The van der Waals surface area contributed by atoms with Gasteiger partial charge in [0.2, 0.25) is 0 Å². The normalized spacial score (nSPS) is 13.1. The number of halogens is 3. The number of amides is 1. The maximum Gasteiger partial charge on any atom is 0.275 e. The van der Waals surface area contributed by atoms with Crippen molar-refractivity contribution in [3.8, 4) is 0 Å². The standard InChI is InChI=1S/C20H21Cl2FN2O2/c1-12(15-9-18(23)17(22)10-16(15)21)24-11-20(27)25-19(13(2)26)8-14-6-4-3-5-7-14/h3-7,9-10,12,19,24H,8,11H2,1-2H3,(H,25,27)/p+1/t12-,19+/m1/s1. The molecule has 0 heterocycles. The van der Waals surface area contributed by atoms with Crippen molar-refractivity contribution >= 4 is 34.9 Å². The van der Waals surface area contributed by atoms with E-state index >= 15 is 0 Å². The van der Waals surface area contributed by atoms with Crippen molar-refractivity contribution < 1.29 is 19.3 Å². The predicted octanol–water partition coefficient (Wildman–Crippen LogP) is 3.07. The average molecular weight is 412 g/mol. The van der Waals surface area contributed by atoms with E-state index < -0.39 is 11.9 Å². The molecule has 2 atom stereocenters. The maximum atomic E-state index is 13.7. The monoisotopic (exact) mass is 411 g/mol. The van der Waals surface area contributed by atoms with Crippen molar-refractivity contribution in [2.75, 3.05) is 6.54 Å². The molecule has 7 heteroatoms. The first-order valence-electron chi connectivity index (χ1n) is 8.59. The van der Waals surface area contributed by atoms with Crippen molar-refractivity contribution in [1.82, 2.24) is 5.32 Å². The number of carbonyl (C=O) groups is 2. The Labute approximate surface area is 168 Å². The lowest BCUT2D eigenvalue weighted by molar-refractivity contribution is -0.682. The van der Waals surface area contributed by atoms with E-state index in [4.69, 9.17) is 23.2 Å². The molecule has 0 bridgehead atoms. The fraction of sp³-hybridized carbons (Fsp3) is 0.300. The average Bonchev–Trinajstić information content (AvgIpc) is 2.63. The second-order valence-corrected chi connectivity index (χ2v) is 7.25. The van der Waals surface area contributed by atoms with Crippen LogP contribution in [0.1, 0.15) is 31.0 Å². The van der Waals surface area contributed by atoms with Crippen molar-refractivity contribution in [2.45, 2.75) is 32.4 Å². The fourth-order valence-corrected chi connectivity index (χ4v) is 3.25. The largest absolute Gasteiger partial charge is 0.341 e. The summed E-state index contributed by atoms with van der Waals surface area (Å²) in [5, 5.41) is 4.79. The lowest BCUT2D eigenvalue weighted by atomic mass is 10.0. The van der Waals surface area contributed by atoms with Crippen molar-refractivity contribution in [1.29, 1.82) is 0 Å². The summed E-state index contributed by atoms with van der Waals surface area (Å²) in [6.07, 6.45) is 0.436. The summed E-state index contributed by atoms with van der Waals surface area (Å²) in [7, 11) is 0. The fourth-order valence-electron chi connectivity index (χ4n) is 2.70. The Morgan fingerprint density at radius 3 is 2.44 bits per heavy atom. The summed E-state index contributed by atoms with van der Waals surface area (Å²) in [6, 6.07) is 11.3. The van der Waals surface area contributed by atoms with Gasteiger partial charge in [-0.3, -0.25) is 9.59 Å². The number of quaternary nitrogens is 1. The Kier molecular flexibility index (Phi) is 7.78. The molecule has 0 aliphatic carbocycles. The molecule has 0 fully saturated rings. The van der Waals surface area contributed by atoms with E-state index in [0.29, 0.717) is 17.0 Å². The maximum absolute atomic E-state index is 13.7. The van der Waals surface area contributed by atoms with Crippen LogP contribution in [0, 0.1) is 5.82 Å². The third-order valence-electron chi connectivity index (χ3n) is 4.30. The number of rotatable bonds is 8. The summed E-state index contributed by atoms with van der Waals surface area (Å²) in [5.74, 6) is -0.938. The van der Waals surface area contributed by atoms with Crippen LogP contribution in [0.3, 0.4) is 0 Å². The van der Waals surface area contributed by atoms with E-state index in [9.17, 15) is 14.0 Å². The molecule has 2 aromatic rings. The lowest BCUT2D eigenvalue weighted by Gasteiger charge is -2.17. The molecule has 144 valence electrons. The van der Waals surface area contributed by atoms with E-state index in [1.807, 2.05) is 37.3 Å². The van der Waals surface area contributed by atoms with Crippen molar-refractivity contribution in [3.05, 3.63) is 69.5 Å². The molecule has 3 N–H and O–H groups in total. The number of benzene rings is 2. The van der Waals surface area contributed by atoms with E-state index in [1.54, 1.807) is 5.32 Å². The molecule has 0 unspecified atom stereocenters. The van der Waals surface area contributed by atoms with Crippen LogP contribution < -0.4 is 10.6 Å². The number of Topliss-reactive ketones (excluding diaryl/α,β-unsaturated/α-hetero) is 1. The molecule has 0 aliphatic rings. The minimum atomic E-state index is -0.583. The van der Waals surface area contributed by atoms with Crippen LogP contribution in [0.4, 0.5) is 4.39 Å². The lowest BCUT2D eigenvalue weighted by Crippen LogP contribution is -2.87. The molecular weight excluding hydrogens is 390 g/mol. The minimum absolute atomic E-state index is 0.0427. The number of hydrogen-bond acceptors (Lipinski definition) is 2.